The lowest BCUT2D eigenvalue weighted by Crippen LogP contribution is -2.60. The lowest BCUT2D eigenvalue weighted by Gasteiger charge is -2.56. The molecule has 25 heavy (non-hydrogen) atoms. The minimum atomic E-state index is -0.0943. The van der Waals surface area contributed by atoms with Gasteiger partial charge in [0.15, 0.2) is 0 Å². The molecule has 0 saturated heterocycles. The predicted octanol–water partition coefficient (Wildman–Crippen LogP) is 3.74. The van der Waals surface area contributed by atoms with E-state index in [0.717, 1.165) is 41.9 Å². The summed E-state index contributed by atoms with van der Waals surface area (Å²) in [5.41, 5.74) is -0.00987. The van der Waals surface area contributed by atoms with E-state index >= 15 is 0 Å². The molecule has 0 aliphatic heterocycles. The lowest BCUT2D eigenvalue weighted by molar-refractivity contribution is -0.138. The third-order valence-corrected chi connectivity index (χ3v) is 7.73. The van der Waals surface area contributed by atoms with Gasteiger partial charge in [-0.2, -0.15) is 0 Å². The molecule has 5 heteroatoms. The zero-order valence-electron chi connectivity index (χ0n) is 15.2. The van der Waals surface area contributed by atoms with Crippen molar-refractivity contribution in [1.29, 1.82) is 0 Å². The Morgan fingerprint density at radius 3 is 2.36 bits per heavy atom. The van der Waals surface area contributed by atoms with Gasteiger partial charge in [0.2, 0.25) is 11.8 Å². The second-order valence-electron chi connectivity index (χ2n) is 8.62. The topological polar surface area (TPSA) is 49.4 Å². The Kier molecular flexibility index (Phi) is 4.38. The SMILES string of the molecule is CC(c1cccs1)N(C)C(=O)CC(=O)NC12CC3CC(CC(C3)C1)C2. The molecule has 1 unspecified atom stereocenters. The maximum atomic E-state index is 12.6. The van der Waals surface area contributed by atoms with Crippen LogP contribution in [0, 0.1) is 17.8 Å². The summed E-state index contributed by atoms with van der Waals surface area (Å²) >= 11 is 1.65. The third kappa shape index (κ3) is 3.35. The van der Waals surface area contributed by atoms with Crippen LogP contribution in [0.4, 0.5) is 0 Å². The molecule has 0 radical (unpaired) electrons. The fourth-order valence-electron chi connectivity index (χ4n) is 5.80. The molecule has 1 N–H and O–H groups in total. The van der Waals surface area contributed by atoms with Crippen molar-refractivity contribution >= 4 is 23.2 Å². The molecule has 1 aromatic heterocycles. The van der Waals surface area contributed by atoms with Crippen molar-refractivity contribution in [2.45, 2.75) is 63.5 Å². The molecular formula is C20H28N2O2S. The third-order valence-electron chi connectivity index (χ3n) is 6.68. The number of hydrogen-bond acceptors (Lipinski definition) is 3. The van der Waals surface area contributed by atoms with Crippen molar-refractivity contribution in [2.75, 3.05) is 7.05 Å². The number of carbonyl (C=O) groups excluding carboxylic acids is 2. The number of rotatable bonds is 5. The molecule has 2 amide bonds. The first-order valence-corrected chi connectivity index (χ1v) is 10.4. The molecule has 0 spiro atoms. The number of thiophene rings is 1. The molecule has 4 saturated carbocycles. The number of amides is 2. The maximum Gasteiger partial charge on any atom is 0.232 e. The number of carbonyl (C=O) groups is 2. The molecular weight excluding hydrogens is 332 g/mol. The average molecular weight is 361 g/mol. The molecule has 4 aliphatic carbocycles. The highest BCUT2D eigenvalue weighted by Crippen LogP contribution is 2.55. The van der Waals surface area contributed by atoms with Crippen LogP contribution in [-0.4, -0.2) is 29.3 Å². The second kappa shape index (κ2) is 6.42. The highest BCUT2D eigenvalue weighted by Gasteiger charge is 2.51. The van der Waals surface area contributed by atoms with Crippen LogP contribution in [-0.2, 0) is 9.59 Å². The summed E-state index contributed by atoms with van der Waals surface area (Å²) in [5, 5.41) is 5.32. The molecule has 1 aromatic rings. The van der Waals surface area contributed by atoms with Crippen molar-refractivity contribution in [3.05, 3.63) is 22.4 Å². The van der Waals surface area contributed by atoms with E-state index in [1.54, 1.807) is 23.3 Å². The first-order chi connectivity index (χ1) is 11.9. The Bertz CT molecular complexity index is 619. The lowest BCUT2D eigenvalue weighted by atomic mass is 9.53. The van der Waals surface area contributed by atoms with E-state index in [2.05, 4.69) is 5.32 Å². The number of hydrogen-bond donors (Lipinski definition) is 1. The normalized spacial score (nSPS) is 33.9. The Labute approximate surface area is 154 Å². The quantitative estimate of drug-likeness (QED) is 0.813. The van der Waals surface area contributed by atoms with Crippen LogP contribution in [0.3, 0.4) is 0 Å². The standard InChI is InChI=1S/C20H28N2O2S/c1-13(17-4-3-5-25-17)22(2)19(24)9-18(23)21-20-10-14-6-15(11-20)8-16(7-14)12-20/h3-5,13-16H,6-12H2,1-2H3,(H,21,23). The Balaban J connectivity index is 1.35. The van der Waals surface area contributed by atoms with Crippen molar-refractivity contribution < 1.29 is 9.59 Å². The van der Waals surface area contributed by atoms with Crippen molar-refractivity contribution in [3.8, 4) is 0 Å². The van der Waals surface area contributed by atoms with E-state index in [0.29, 0.717) is 0 Å². The fourth-order valence-corrected chi connectivity index (χ4v) is 6.63. The first kappa shape index (κ1) is 17.1. The van der Waals surface area contributed by atoms with E-state index < -0.39 is 0 Å². The molecule has 4 nitrogen and oxygen atoms in total. The van der Waals surface area contributed by atoms with Gasteiger partial charge in [0.1, 0.15) is 6.42 Å². The number of nitrogens with one attached hydrogen (secondary N) is 1. The van der Waals surface area contributed by atoms with Crippen LogP contribution in [0.25, 0.3) is 0 Å². The van der Waals surface area contributed by atoms with Gasteiger partial charge in [0.05, 0.1) is 6.04 Å². The molecule has 4 aliphatic rings. The average Bonchev–Trinajstić information content (AvgIpc) is 3.05. The van der Waals surface area contributed by atoms with Gasteiger partial charge in [-0.1, -0.05) is 6.07 Å². The fraction of sp³-hybridized carbons (Fsp3) is 0.700. The van der Waals surface area contributed by atoms with Crippen LogP contribution in [0.1, 0.15) is 62.8 Å². The van der Waals surface area contributed by atoms with Crippen LogP contribution in [0.15, 0.2) is 17.5 Å². The zero-order valence-corrected chi connectivity index (χ0v) is 16.0. The summed E-state index contributed by atoms with van der Waals surface area (Å²) in [4.78, 5) is 28.0. The zero-order chi connectivity index (χ0) is 17.6. The van der Waals surface area contributed by atoms with Gasteiger partial charge in [0.25, 0.3) is 0 Å². The molecule has 1 heterocycles. The Morgan fingerprint density at radius 2 is 1.84 bits per heavy atom. The van der Waals surface area contributed by atoms with Gasteiger partial charge < -0.3 is 10.2 Å². The highest BCUT2D eigenvalue weighted by atomic mass is 32.1. The predicted molar refractivity (Wildman–Crippen MR) is 99.2 cm³/mol. The minimum absolute atomic E-state index is 0.00987. The van der Waals surface area contributed by atoms with E-state index in [9.17, 15) is 9.59 Å². The van der Waals surface area contributed by atoms with Gasteiger partial charge in [-0.25, -0.2) is 0 Å². The van der Waals surface area contributed by atoms with Gasteiger partial charge in [-0.15, -0.1) is 11.3 Å². The first-order valence-electron chi connectivity index (χ1n) is 9.54. The summed E-state index contributed by atoms with van der Waals surface area (Å²) in [5.74, 6) is 2.21. The van der Waals surface area contributed by atoms with E-state index in [4.69, 9.17) is 0 Å². The van der Waals surface area contributed by atoms with Crippen molar-refractivity contribution in [2.24, 2.45) is 17.8 Å². The largest absolute Gasteiger partial charge is 0.350 e. The molecule has 0 aromatic carbocycles. The van der Waals surface area contributed by atoms with Crippen molar-refractivity contribution in [1.82, 2.24) is 10.2 Å². The van der Waals surface area contributed by atoms with Crippen LogP contribution in [0.5, 0.6) is 0 Å². The molecule has 4 bridgehead atoms. The summed E-state index contributed by atoms with van der Waals surface area (Å²) in [7, 11) is 1.80. The minimum Gasteiger partial charge on any atom is -0.350 e. The Hall–Kier alpha value is -1.36. The maximum absolute atomic E-state index is 12.6. The number of nitrogens with zero attached hydrogens (tertiary/aromatic N) is 1. The van der Waals surface area contributed by atoms with E-state index in [1.807, 2.05) is 24.4 Å². The highest BCUT2D eigenvalue weighted by molar-refractivity contribution is 7.10. The summed E-state index contributed by atoms with van der Waals surface area (Å²) in [6.45, 7) is 2.01. The van der Waals surface area contributed by atoms with E-state index in [-0.39, 0.29) is 29.8 Å². The second-order valence-corrected chi connectivity index (χ2v) is 9.60. The van der Waals surface area contributed by atoms with Crippen molar-refractivity contribution in [3.63, 3.8) is 0 Å². The van der Waals surface area contributed by atoms with Crippen LogP contribution >= 0.6 is 11.3 Å². The van der Waals surface area contributed by atoms with Crippen LogP contribution in [0.2, 0.25) is 0 Å². The van der Waals surface area contributed by atoms with Gasteiger partial charge in [-0.05, 0) is 74.6 Å². The van der Waals surface area contributed by atoms with E-state index in [1.165, 1.54) is 19.3 Å². The summed E-state index contributed by atoms with van der Waals surface area (Å²) in [6, 6.07) is 4.04. The summed E-state index contributed by atoms with van der Waals surface area (Å²) < 4.78 is 0. The van der Waals surface area contributed by atoms with Crippen LogP contribution < -0.4 is 5.32 Å². The molecule has 4 fully saturated rings. The van der Waals surface area contributed by atoms with Gasteiger partial charge in [0, 0.05) is 17.5 Å². The summed E-state index contributed by atoms with van der Waals surface area (Å²) in [6.07, 6.45) is 7.41. The monoisotopic (exact) mass is 360 g/mol. The smallest absolute Gasteiger partial charge is 0.232 e. The molecule has 1 atom stereocenters. The molecule has 136 valence electrons. The van der Waals surface area contributed by atoms with Gasteiger partial charge >= 0.3 is 0 Å². The molecule has 5 rings (SSSR count). The Morgan fingerprint density at radius 1 is 1.24 bits per heavy atom. The van der Waals surface area contributed by atoms with Gasteiger partial charge in [-0.3, -0.25) is 9.59 Å².